The number of nitrogens with zero attached hydrogens (tertiary/aromatic N) is 5. The van der Waals surface area contributed by atoms with Gasteiger partial charge >= 0.3 is 201 Å². The number of para-hydroxylation sites is 2. The number of hydrogen-bond donors (Lipinski definition) is 0. The van der Waals surface area contributed by atoms with Gasteiger partial charge in [0, 0.05) is 12.7 Å². The number of ether oxygens (including phenoxy) is 1. The van der Waals surface area contributed by atoms with Crippen LogP contribution in [-0.2, 0) is 31.7 Å². The number of likely N-dealkylation sites (tertiary alicyclic amines) is 1. The van der Waals surface area contributed by atoms with Crippen molar-refractivity contribution in [3.63, 3.8) is 0 Å². The number of aromatic nitrogens is 3. The molecule has 2 aromatic heterocycles. The molecule has 2 aliphatic rings. The second-order valence-electron chi connectivity index (χ2n) is 12.9. The van der Waals surface area contributed by atoms with Gasteiger partial charge in [0.1, 0.15) is 0 Å². The number of piperidine rings is 1. The number of imidazole rings is 1. The van der Waals surface area contributed by atoms with E-state index in [2.05, 4.69) is 87.3 Å². The first-order chi connectivity index (χ1) is 21.9. The number of hydrogen-bond acceptors (Lipinski definition) is 4. The Kier molecular flexibility index (Phi) is 6.32. The summed E-state index contributed by atoms with van der Waals surface area (Å²) in [6.45, 7) is 7.48. The van der Waals surface area contributed by atoms with E-state index in [-0.39, 0.29) is 5.41 Å². The predicted octanol–water partition coefficient (Wildman–Crippen LogP) is 7.72. The molecular formula is C36H39N5OPt. The number of rotatable bonds is 4. The van der Waals surface area contributed by atoms with Crippen LogP contribution in [0.5, 0.6) is 11.5 Å². The standard InChI is InChI=1S/C36H39N5O.Pt/c1-36(2,3)26-15-17-37-35(19-26)40-23-25-22-38(4)18-16-30(25)31-14-13-29(21-34(31)40)42-28-10-8-9-27(20-28)41-24-39(5)32-11-6-7-12-33(32)41;/h6-15,17,19-21,25,30H,16,18,22-23H2,1-5H3;/i5D3;. The van der Waals surface area contributed by atoms with E-state index in [1.807, 2.05) is 59.3 Å². The predicted molar refractivity (Wildman–Crippen MR) is 170 cm³/mol. The summed E-state index contributed by atoms with van der Waals surface area (Å²) in [6.07, 6.45) is 3.07. The molecule has 2 atom stereocenters. The van der Waals surface area contributed by atoms with Crippen molar-refractivity contribution >= 4 is 22.5 Å². The minimum atomic E-state index is -2.31. The normalized spacial score (nSPS) is 20.2. The summed E-state index contributed by atoms with van der Waals surface area (Å²) in [5, 5.41) is 0. The molecule has 4 heterocycles. The van der Waals surface area contributed by atoms with Gasteiger partial charge < -0.3 is 4.90 Å². The molecule has 0 spiro atoms. The van der Waals surface area contributed by atoms with Gasteiger partial charge in [0.15, 0.2) is 0 Å². The Morgan fingerprint density at radius 1 is 0.930 bits per heavy atom. The van der Waals surface area contributed by atoms with Crippen LogP contribution in [0.4, 0.5) is 11.5 Å². The van der Waals surface area contributed by atoms with Crippen molar-refractivity contribution in [1.29, 1.82) is 0 Å². The third-order valence-corrected chi connectivity index (χ3v) is 9.97. The van der Waals surface area contributed by atoms with Crippen LogP contribution in [0.25, 0.3) is 16.7 Å². The maximum absolute atomic E-state index is 8.17. The molecule has 3 aromatic carbocycles. The van der Waals surface area contributed by atoms with Gasteiger partial charge in [0.05, 0.1) is 0 Å². The Morgan fingerprint density at radius 2 is 1.74 bits per heavy atom. The molecule has 224 valence electrons. The quantitative estimate of drug-likeness (QED) is 0.189. The molecule has 7 rings (SSSR count). The molecule has 7 heteroatoms. The van der Waals surface area contributed by atoms with Crippen molar-refractivity contribution < 1.29 is 28.2 Å². The number of fused-ring (bicyclic) bond motifs is 4. The van der Waals surface area contributed by atoms with Crippen LogP contribution in [0.2, 0.25) is 0 Å². The first-order valence-electron chi connectivity index (χ1n) is 16.4. The van der Waals surface area contributed by atoms with Crippen molar-refractivity contribution in [2.24, 2.45) is 12.9 Å². The number of pyridine rings is 1. The molecule has 2 aliphatic heterocycles. The van der Waals surface area contributed by atoms with Gasteiger partial charge in [0.2, 0.25) is 0 Å². The van der Waals surface area contributed by atoms with Crippen LogP contribution in [0.15, 0.2) is 85.1 Å². The molecule has 1 fully saturated rings. The molecule has 2 unspecified atom stereocenters. The minimum absolute atomic E-state index is 0.0194. The van der Waals surface area contributed by atoms with Gasteiger partial charge in [-0.1, -0.05) is 20.8 Å². The third-order valence-electron chi connectivity index (χ3n) is 8.95. The van der Waals surface area contributed by atoms with Crippen LogP contribution in [0.1, 0.15) is 48.3 Å². The average molecular weight is 756 g/mol. The maximum atomic E-state index is 8.17. The molecule has 43 heavy (non-hydrogen) atoms. The molecule has 0 aliphatic carbocycles. The summed E-state index contributed by atoms with van der Waals surface area (Å²) in [5.74, 6) is 3.42. The van der Waals surface area contributed by atoms with Gasteiger partial charge in [-0.3, -0.25) is 0 Å². The second kappa shape index (κ2) is 10.9. The van der Waals surface area contributed by atoms with E-state index in [9.17, 15) is 0 Å². The van der Waals surface area contributed by atoms with Crippen molar-refractivity contribution in [1.82, 2.24) is 19.0 Å². The topological polar surface area (TPSA) is 38.5 Å². The average Bonchev–Trinajstić information content (AvgIpc) is 3.32. The van der Waals surface area contributed by atoms with Crippen molar-refractivity contribution in [3.05, 3.63) is 100.0 Å². The van der Waals surface area contributed by atoms with E-state index in [0.717, 1.165) is 54.5 Å². The zero-order valence-electron chi connectivity index (χ0n) is 28.0. The van der Waals surface area contributed by atoms with Gasteiger partial charge in [-0.25, -0.2) is 0 Å². The van der Waals surface area contributed by atoms with Crippen LogP contribution < -0.4 is 9.64 Å². The monoisotopic (exact) mass is 755 g/mol. The Balaban J connectivity index is 1.27. The van der Waals surface area contributed by atoms with E-state index >= 15 is 0 Å². The molecule has 5 aromatic rings. The van der Waals surface area contributed by atoms with Gasteiger partial charge in [-0.2, -0.15) is 0 Å². The molecule has 0 bridgehead atoms. The second-order valence-corrected chi connectivity index (χ2v) is 13.9. The summed E-state index contributed by atoms with van der Waals surface area (Å²) < 4.78 is 35.0. The fraction of sp³-hybridized carbons (Fsp3) is 0.333. The summed E-state index contributed by atoms with van der Waals surface area (Å²) in [6, 6.07) is 26.3. The van der Waals surface area contributed by atoms with Crippen LogP contribution in [0.3, 0.4) is 0 Å². The summed E-state index contributed by atoms with van der Waals surface area (Å²) >= 11 is 2.10. The fourth-order valence-electron chi connectivity index (χ4n) is 6.71. The number of aryl methyl sites for hydroxylation is 1. The van der Waals surface area contributed by atoms with Crippen LogP contribution in [-0.4, -0.2) is 45.7 Å². The van der Waals surface area contributed by atoms with Gasteiger partial charge in [-0.05, 0) is 30.6 Å². The van der Waals surface area contributed by atoms with Crippen molar-refractivity contribution in [2.75, 3.05) is 31.6 Å². The Hall–Kier alpha value is -3.47. The van der Waals surface area contributed by atoms with Gasteiger partial charge in [0.25, 0.3) is 0 Å². The van der Waals surface area contributed by atoms with E-state index in [1.165, 1.54) is 15.7 Å². The van der Waals surface area contributed by atoms with Crippen molar-refractivity contribution in [3.8, 4) is 17.2 Å². The first-order valence-corrected chi connectivity index (χ1v) is 16.1. The van der Waals surface area contributed by atoms with E-state index < -0.39 is 6.98 Å². The number of benzene rings is 3. The third kappa shape index (κ3) is 5.19. The molecule has 0 amide bonds. The zero-order valence-corrected chi connectivity index (χ0v) is 27.3. The van der Waals surface area contributed by atoms with Crippen LogP contribution >= 0.6 is 0 Å². The SMILES string of the molecule is [2H]C([2H])([2H])n1[c](=[Pt])n(-c2cccc(Oc3ccc4c(c3)N(c3cc(C(C)(C)C)ccn3)CC3CN(C)CCC43)c2)c2ccccc21. The Bertz CT molecular complexity index is 1990. The first kappa shape index (κ1) is 24.9. The van der Waals surface area contributed by atoms with E-state index in [0.29, 0.717) is 26.9 Å². The summed E-state index contributed by atoms with van der Waals surface area (Å²) in [4.78, 5) is 9.70. The van der Waals surface area contributed by atoms with Crippen molar-refractivity contribution in [2.45, 2.75) is 38.5 Å². The molecule has 0 radical (unpaired) electrons. The molecular weight excluding hydrogens is 714 g/mol. The van der Waals surface area contributed by atoms with E-state index in [1.54, 1.807) is 0 Å². The summed E-state index contributed by atoms with van der Waals surface area (Å²) in [5.41, 5.74) is 6.11. The summed E-state index contributed by atoms with van der Waals surface area (Å²) in [7, 11) is 2.22. The Morgan fingerprint density at radius 3 is 2.56 bits per heavy atom. The molecule has 6 nitrogen and oxygen atoms in total. The van der Waals surface area contributed by atoms with E-state index in [4.69, 9.17) is 13.8 Å². The van der Waals surface area contributed by atoms with Crippen LogP contribution in [0, 0.1) is 9.72 Å². The molecule has 0 N–H and O–H groups in total. The molecule has 0 saturated carbocycles. The zero-order chi connectivity index (χ0) is 32.4. The Labute approximate surface area is 269 Å². The number of anilines is 2. The molecule has 1 saturated heterocycles. The van der Waals surface area contributed by atoms with Gasteiger partial charge in [-0.15, -0.1) is 0 Å². The fourth-order valence-corrected chi connectivity index (χ4v) is 7.55.